The number of carbonyl (C=O) groups excluding carboxylic acids is 1. The third-order valence-electron chi connectivity index (χ3n) is 4.66. The molecule has 1 fully saturated rings. The molecular formula is C18H17F3N6O. The zero-order valence-corrected chi connectivity index (χ0v) is 14.7. The predicted molar refractivity (Wildman–Crippen MR) is 98.1 cm³/mol. The molecule has 7 nitrogen and oxygen atoms in total. The lowest BCUT2D eigenvalue weighted by Gasteiger charge is -2.35. The van der Waals surface area contributed by atoms with E-state index in [2.05, 4.69) is 20.5 Å². The van der Waals surface area contributed by atoms with Gasteiger partial charge in [0.1, 0.15) is 5.82 Å². The number of H-pyrrole nitrogens is 1. The molecule has 0 radical (unpaired) electrons. The van der Waals surface area contributed by atoms with Gasteiger partial charge in [-0.25, -0.2) is 9.78 Å². The first kappa shape index (κ1) is 18.1. The number of anilines is 2. The summed E-state index contributed by atoms with van der Waals surface area (Å²) >= 11 is 0. The summed E-state index contributed by atoms with van der Waals surface area (Å²) in [5.74, 6) is 0.929. The van der Waals surface area contributed by atoms with Gasteiger partial charge >= 0.3 is 12.2 Å². The second-order valence-electron chi connectivity index (χ2n) is 6.42. The largest absolute Gasteiger partial charge is 0.417 e. The summed E-state index contributed by atoms with van der Waals surface area (Å²) < 4.78 is 37.9. The normalized spacial score (nSPS) is 15.1. The molecule has 1 aromatic carbocycles. The number of aromatic nitrogens is 3. The van der Waals surface area contributed by atoms with Gasteiger partial charge in [0.25, 0.3) is 0 Å². The number of fused-ring (bicyclic) bond motifs is 1. The van der Waals surface area contributed by atoms with Crippen LogP contribution in [0.15, 0.2) is 42.6 Å². The van der Waals surface area contributed by atoms with E-state index in [1.807, 2.05) is 29.2 Å². The zero-order valence-electron chi connectivity index (χ0n) is 14.7. The second-order valence-corrected chi connectivity index (χ2v) is 6.42. The molecule has 1 aliphatic heterocycles. The van der Waals surface area contributed by atoms with Gasteiger partial charge in [0.15, 0.2) is 5.82 Å². The number of nitrogens with zero attached hydrogens (tertiary/aromatic N) is 4. The van der Waals surface area contributed by atoms with Crippen molar-refractivity contribution in [3.8, 4) is 0 Å². The van der Waals surface area contributed by atoms with Crippen LogP contribution in [-0.2, 0) is 6.18 Å². The Balaban J connectivity index is 1.36. The number of pyridine rings is 1. The highest BCUT2D eigenvalue weighted by molar-refractivity contribution is 5.98. The minimum Gasteiger partial charge on any atom is -0.353 e. The smallest absolute Gasteiger partial charge is 0.353 e. The van der Waals surface area contributed by atoms with Crippen LogP contribution in [0.4, 0.5) is 29.6 Å². The Kier molecular flexibility index (Phi) is 4.54. The summed E-state index contributed by atoms with van der Waals surface area (Å²) in [6.45, 7) is 1.81. The van der Waals surface area contributed by atoms with Crippen molar-refractivity contribution in [2.24, 2.45) is 0 Å². The molecule has 1 saturated heterocycles. The predicted octanol–water partition coefficient (Wildman–Crippen LogP) is 3.33. The molecule has 1 aliphatic rings. The first-order chi connectivity index (χ1) is 13.4. The topological polar surface area (TPSA) is 77.2 Å². The average Bonchev–Trinajstić information content (AvgIpc) is 3.10. The van der Waals surface area contributed by atoms with Crippen LogP contribution in [-0.4, -0.2) is 52.3 Å². The van der Waals surface area contributed by atoms with E-state index >= 15 is 0 Å². The summed E-state index contributed by atoms with van der Waals surface area (Å²) in [6, 6.07) is 9.58. The van der Waals surface area contributed by atoms with Crippen LogP contribution in [0, 0.1) is 0 Å². The number of halogens is 3. The van der Waals surface area contributed by atoms with Crippen molar-refractivity contribution in [2.75, 3.05) is 36.4 Å². The summed E-state index contributed by atoms with van der Waals surface area (Å²) in [6.07, 6.45) is -3.57. The number of alkyl halides is 3. The Bertz CT molecular complexity index is 977. The number of hydrogen-bond acceptors (Lipinski definition) is 4. The maximum absolute atomic E-state index is 12.6. The molecule has 2 aromatic heterocycles. The molecule has 28 heavy (non-hydrogen) atoms. The van der Waals surface area contributed by atoms with Crippen LogP contribution < -0.4 is 10.2 Å². The SMILES string of the molecule is O=C(Nc1n[nH]c2ccccc12)N1CCN(c2ccc(C(F)(F)F)cn2)CC1. The molecule has 0 atom stereocenters. The van der Waals surface area contributed by atoms with Crippen molar-refractivity contribution in [3.63, 3.8) is 0 Å². The fourth-order valence-electron chi connectivity index (χ4n) is 3.12. The number of benzene rings is 1. The number of piperazine rings is 1. The van der Waals surface area contributed by atoms with Gasteiger partial charge in [-0.05, 0) is 24.3 Å². The number of para-hydroxylation sites is 1. The fourth-order valence-corrected chi connectivity index (χ4v) is 3.12. The zero-order chi connectivity index (χ0) is 19.7. The Morgan fingerprint density at radius 1 is 1.07 bits per heavy atom. The lowest BCUT2D eigenvalue weighted by atomic mass is 10.2. The molecule has 2 N–H and O–H groups in total. The number of amides is 2. The van der Waals surface area contributed by atoms with Gasteiger partial charge < -0.3 is 9.80 Å². The van der Waals surface area contributed by atoms with Crippen molar-refractivity contribution in [2.45, 2.75) is 6.18 Å². The van der Waals surface area contributed by atoms with Crippen LogP contribution in [0.3, 0.4) is 0 Å². The lowest BCUT2D eigenvalue weighted by Crippen LogP contribution is -2.50. The summed E-state index contributed by atoms with van der Waals surface area (Å²) in [5, 5.41) is 10.6. The quantitative estimate of drug-likeness (QED) is 0.704. The molecule has 0 spiro atoms. The number of nitrogens with one attached hydrogen (secondary N) is 2. The molecule has 0 saturated carbocycles. The highest BCUT2D eigenvalue weighted by Gasteiger charge is 2.31. The van der Waals surface area contributed by atoms with E-state index in [9.17, 15) is 18.0 Å². The number of hydrogen-bond donors (Lipinski definition) is 2. The van der Waals surface area contributed by atoms with Gasteiger partial charge in [-0.15, -0.1) is 0 Å². The number of rotatable bonds is 2. The maximum Gasteiger partial charge on any atom is 0.417 e. The van der Waals surface area contributed by atoms with Crippen molar-refractivity contribution >= 4 is 28.6 Å². The average molecular weight is 390 g/mol. The van der Waals surface area contributed by atoms with Gasteiger partial charge in [0.2, 0.25) is 0 Å². The van der Waals surface area contributed by atoms with Gasteiger partial charge in [0, 0.05) is 37.8 Å². The highest BCUT2D eigenvalue weighted by Crippen LogP contribution is 2.29. The molecule has 2 amide bonds. The second kappa shape index (κ2) is 7.02. The third kappa shape index (κ3) is 3.57. The van der Waals surface area contributed by atoms with Crippen LogP contribution in [0.25, 0.3) is 10.9 Å². The molecule has 10 heteroatoms. The fraction of sp³-hybridized carbons (Fsp3) is 0.278. The molecule has 3 heterocycles. The van der Waals surface area contributed by atoms with Crippen LogP contribution in [0.5, 0.6) is 0 Å². The molecule has 0 unspecified atom stereocenters. The maximum atomic E-state index is 12.6. The van der Waals surface area contributed by atoms with Crippen LogP contribution in [0.1, 0.15) is 5.56 Å². The minimum absolute atomic E-state index is 0.266. The Labute approximate surface area is 158 Å². The molecule has 3 aromatic rings. The first-order valence-corrected chi connectivity index (χ1v) is 8.69. The number of carbonyl (C=O) groups is 1. The monoisotopic (exact) mass is 390 g/mol. The highest BCUT2D eigenvalue weighted by atomic mass is 19.4. The van der Waals surface area contributed by atoms with Gasteiger partial charge in [0.05, 0.1) is 11.1 Å². The third-order valence-corrected chi connectivity index (χ3v) is 4.66. The van der Waals surface area contributed by atoms with Crippen LogP contribution >= 0.6 is 0 Å². The van der Waals surface area contributed by atoms with E-state index in [0.29, 0.717) is 37.8 Å². The van der Waals surface area contributed by atoms with Crippen molar-refractivity contribution < 1.29 is 18.0 Å². The molecular weight excluding hydrogens is 373 g/mol. The van der Waals surface area contributed by atoms with E-state index in [1.54, 1.807) is 4.90 Å². The number of urea groups is 1. The minimum atomic E-state index is -4.40. The standard InChI is InChI=1S/C18H17F3N6O/c19-18(20,21)12-5-6-15(22-11-12)26-7-9-27(10-8-26)17(28)23-16-13-3-1-2-4-14(13)24-25-16/h1-6,11H,7-10H2,(H2,23,24,25,28). The molecule has 0 aliphatic carbocycles. The first-order valence-electron chi connectivity index (χ1n) is 8.69. The van der Waals surface area contributed by atoms with E-state index in [1.165, 1.54) is 6.07 Å². The summed E-state index contributed by atoms with van der Waals surface area (Å²) in [5.41, 5.74) is 0.0523. The number of aromatic amines is 1. The van der Waals surface area contributed by atoms with Crippen LogP contribution in [0.2, 0.25) is 0 Å². The van der Waals surface area contributed by atoms with E-state index in [0.717, 1.165) is 23.2 Å². The Hall–Kier alpha value is -3.30. The summed E-state index contributed by atoms with van der Waals surface area (Å²) in [4.78, 5) is 19.9. The van der Waals surface area contributed by atoms with Gasteiger partial charge in [-0.3, -0.25) is 10.4 Å². The Morgan fingerprint density at radius 3 is 2.50 bits per heavy atom. The van der Waals surface area contributed by atoms with Crippen molar-refractivity contribution in [3.05, 3.63) is 48.2 Å². The summed E-state index contributed by atoms with van der Waals surface area (Å²) in [7, 11) is 0. The lowest BCUT2D eigenvalue weighted by molar-refractivity contribution is -0.137. The molecule has 0 bridgehead atoms. The van der Waals surface area contributed by atoms with E-state index in [4.69, 9.17) is 0 Å². The Morgan fingerprint density at radius 2 is 1.82 bits per heavy atom. The van der Waals surface area contributed by atoms with Gasteiger partial charge in [-0.1, -0.05) is 12.1 Å². The van der Waals surface area contributed by atoms with E-state index in [-0.39, 0.29) is 6.03 Å². The van der Waals surface area contributed by atoms with Crippen molar-refractivity contribution in [1.29, 1.82) is 0 Å². The van der Waals surface area contributed by atoms with E-state index < -0.39 is 11.7 Å². The van der Waals surface area contributed by atoms with Crippen molar-refractivity contribution in [1.82, 2.24) is 20.1 Å². The van der Waals surface area contributed by atoms with Gasteiger partial charge in [-0.2, -0.15) is 18.3 Å². The molecule has 146 valence electrons. The molecule has 4 rings (SSSR count).